The van der Waals surface area contributed by atoms with Crippen LogP contribution in [0.4, 0.5) is 4.79 Å². The smallest absolute Gasteiger partial charge is 0.407 e. The molecule has 0 bridgehead atoms. The first kappa shape index (κ1) is 25.1. The van der Waals surface area contributed by atoms with Crippen molar-refractivity contribution in [3.63, 3.8) is 0 Å². The highest BCUT2D eigenvalue weighted by Gasteiger charge is 2.16. The minimum atomic E-state index is -0.597. The summed E-state index contributed by atoms with van der Waals surface area (Å²) in [5.74, 6) is -0.788. The van der Waals surface area contributed by atoms with Crippen LogP contribution in [0.1, 0.15) is 56.7 Å². The Balaban J connectivity index is 1.63. The van der Waals surface area contributed by atoms with Crippen molar-refractivity contribution in [2.24, 2.45) is 0 Å². The van der Waals surface area contributed by atoms with Crippen molar-refractivity contribution in [1.82, 2.24) is 10.6 Å². The normalized spacial score (nSPS) is 11.0. The van der Waals surface area contributed by atoms with Gasteiger partial charge < -0.3 is 10.1 Å². The molecule has 0 aliphatic heterocycles. The SMILES string of the molecule is CC(C)(C)OC(=O)NCCC(=O)NC(=O)Cc1ccc(CCCCc2ccccc2)cc1. The average molecular weight is 439 g/mol. The molecule has 0 aliphatic carbocycles. The first-order valence-electron chi connectivity index (χ1n) is 11.1. The fourth-order valence-corrected chi connectivity index (χ4v) is 3.17. The van der Waals surface area contributed by atoms with E-state index in [0.29, 0.717) is 0 Å². The number of carbonyl (C=O) groups is 3. The maximum atomic E-state index is 12.1. The molecule has 2 aromatic carbocycles. The molecule has 6 nitrogen and oxygen atoms in total. The zero-order valence-electron chi connectivity index (χ0n) is 19.3. The number of amides is 3. The van der Waals surface area contributed by atoms with E-state index in [2.05, 4.69) is 34.9 Å². The van der Waals surface area contributed by atoms with Crippen LogP contribution < -0.4 is 10.6 Å². The van der Waals surface area contributed by atoms with Crippen molar-refractivity contribution in [2.75, 3.05) is 6.54 Å². The summed E-state index contributed by atoms with van der Waals surface area (Å²) in [4.78, 5) is 35.5. The lowest BCUT2D eigenvalue weighted by atomic mass is 10.0. The molecule has 0 aliphatic rings. The lowest BCUT2D eigenvalue weighted by Gasteiger charge is -2.19. The Bertz CT molecular complexity index is 871. The van der Waals surface area contributed by atoms with Gasteiger partial charge in [0.2, 0.25) is 11.8 Å². The van der Waals surface area contributed by atoms with Crippen molar-refractivity contribution in [3.05, 3.63) is 71.3 Å². The number of imide groups is 1. The van der Waals surface area contributed by atoms with Crippen molar-refractivity contribution in [3.8, 4) is 0 Å². The van der Waals surface area contributed by atoms with Crippen LogP contribution in [0.5, 0.6) is 0 Å². The van der Waals surface area contributed by atoms with Crippen molar-refractivity contribution in [2.45, 2.75) is 64.9 Å². The molecule has 2 N–H and O–H groups in total. The second-order valence-corrected chi connectivity index (χ2v) is 8.84. The summed E-state index contributed by atoms with van der Waals surface area (Å²) >= 11 is 0. The molecule has 0 atom stereocenters. The minimum absolute atomic E-state index is 0.00685. The maximum absolute atomic E-state index is 12.1. The van der Waals surface area contributed by atoms with Crippen LogP contribution in [0.3, 0.4) is 0 Å². The number of hydrogen-bond acceptors (Lipinski definition) is 4. The Kier molecular flexibility index (Phi) is 9.92. The molecule has 0 heterocycles. The summed E-state index contributed by atoms with van der Waals surface area (Å²) < 4.78 is 5.09. The summed E-state index contributed by atoms with van der Waals surface area (Å²) in [7, 11) is 0. The second kappa shape index (κ2) is 12.6. The summed E-state index contributed by atoms with van der Waals surface area (Å²) in [5.41, 5.74) is 2.87. The van der Waals surface area contributed by atoms with Crippen LogP contribution in [0.15, 0.2) is 54.6 Å². The van der Waals surface area contributed by atoms with Crippen LogP contribution in [0, 0.1) is 0 Å². The molecule has 0 unspecified atom stereocenters. The van der Waals surface area contributed by atoms with Crippen LogP contribution in [0.25, 0.3) is 0 Å². The average Bonchev–Trinajstić information content (AvgIpc) is 2.71. The van der Waals surface area contributed by atoms with Gasteiger partial charge in [0.15, 0.2) is 0 Å². The van der Waals surface area contributed by atoms with E-state index < -0.39 is 17.6 Å². The van der Waals surface area contributed by atoms with E-state index in [9.17, 15) is 14.4 Å². The Morgan fingerprint density at radius 2 is 1.34 bits per heavy atom. The molecule has 2 aromatic rings. The van der Waals surface area contributed by atoms with Gasteiger partial charge in [-0.3, -0.25) is 14.9 Å². The molecule has 32 heavy (non-hydrogen) atoms. The number of rotatable bonds is 10. The van der Waals surface area contributed by atoms with E-state index in [-0.39, 0.29) is 25.3 Å². The second-order valence-electron chi connectivity index (χ2n) is 8.84. The third-order valence-electron chi connectivity index (χ3n) is 4.71. The summed E-state index contributed by atoms with van der Waals surface area (Å²) in [5, 5.41) is 4.85. The summed E-state index contributed by atoms with van der Waals surface area (Å²) in [6.07, 6.45) is 3.89. The molecule has 0 radical (unpaired) electrons. The van der Waals surface area contributed by atoms with E-state index in [1.165, 1.54) is 11.1 Å². The standard InChI is InChI=1S/C26H34N2O4/c1-26(2,3)32-25(31)27-18-17-23(29)28-24(30)19-22-15-13-21(14-16-22)12-8-7-11-20-9-5-4-6-10-20/h4-6,9-10,13-16H,7-8,11-12,17-19H2,1-3H3,(H,27,31)(H,28,29,30). The predicted octanol–water partition coefficient (Wildman–Crippen LogP) is 4.35. The number of alkyl carbamates (subject to hydrolysis) is 1. The van der Waals surface area contributed by atoms with Crippen molar-refractivity contribution < 1.29 is 19.1 Å². The zero-order valence-corrected chi connectivity index (χ0v) is 19.3. The van der Waals surface area contributed by atoms with E-state index in [1.807, 2.05) is 30.3 Å². The molecule has 2 rings (SSSR count). The van der Waals surface area contributed by atoms with Crippen LogP contribution >= 0.6 is 0 Å². The van der Waals surface area contributed by atoms with Crippen molar-refractivity contribution in [1.29, 1.82) is 0 Å². The Morgan fingerprint density at radius 3 is 1.94 bits per heavy atom. The van der Waals surface area contributed by atoms with Gasteiger partial charge in [-0.05, 0) is 63.1 Å². The predicted molar refractivity (Wildman–Crippen MR) is 125 cm³/mol. The number of unbranched alkanes of at least 4 members (excludes halogenated alkanes) is 1. The van der Waals surface area contributed by atoms with Gasteiger partial charge in [0.05, 0.1) is 6.42 Å². The van der Waals surface area contributed by atoms with E-state index in [1.54, 1.807) is 20.8 Å². The van der Waals surface area contributed by atoms with Gasteiger partial charge in [-0.2, -0.15) is 0 Å². The third kappa shape index (κ3) is 10.8. The Hall–Kier alpha value is -3.15. The van der Waals surface area contributed by atoms with Gasteiger partial charge in [0.1, 0.15) is 5.60 Å². The number of benzene rings is 2. The van der Waals surface area contributed by atoms with E-state index >= 15 is 0 Å². The van der Waals surface area contributed by atoms with E-state index in [0.717, 1.165) is 31.2 Å². The number of hydrogen-bond donors (Lipinski definition) is 2. The quantitative estimate of drug-likeness (QED) is 0.540. The highest BCUT2D eigenvalue weighted by Crippen LogP contribution is 2.11. The van der Waals surface area contributed by atoms with Gasteiger partial charge >= 0.3 is 6.09 Å². The number of aryl methyl sites for hydroxylation is 2. The van der Waals surface area contributed by atoms with E-state index in [4.69, 9.17) is 4.74 Å². The third-order valence-corrected chi connectivity index (χ3v) is 4.71. The van der Waals surface area contributed by atoms with Crippen LogP contribution in [-0.4, -0.2) is 30.1 Å². The first-order valence-corrected chi connectivity index (χ1v) is 11.1. The molecule has 172 valence electrons. The molecular weight excluding hydrogens is 404 g/mol. The monoisotopic (exact) mass is 438 g/mol. The highest BCUT2D eigenvalue weighted by atomic mass is 16.6. The fourth-order valence-electron chi connectivity index (χ4n) is 3.17. The lowest BCUT2D eigenvalue weighted by molar-refractivity contribution is -0.129. The molecule has 6 heteroatoms. The number of ether oxygens (including phenoxy) is 1. The number of nitrogens with one attached hydrogen (secondary N) is 2. The molecule has 0 spiro atoms. The minimum Gasteiger partial charge on any atom is -0.444 e. The number of carbonyl (C=O) groups excluding carboxylic acids is 3. The molecule has 0 saturated heterocycles. The molecule has 0 fully saturated rings. The molecule has 0 saturated carbocycles. The van der Waals surface area contributed by atoms with Crippen LogP contribution in [-0.2, 0) is 33.6 Å². The van der Waals surface area contributed by atoms with Crippen LogP contribution in [0.2, 0.25) is 0 Å². The molecule has 0 aromatic heterocycles. The Morgan fingerprint density at radius 1 is 0.781 bits per heavy atom. The van der Waals surface area contributed by atoms with Gasteiger partial charge in [0.25, 0.3) is 0 Å². The topological polar surface area (TPSA) is 84.5 Å². The summed E-state index contributed by atoms with van der Waals surface area (Å²) in [6.45, 7) is 5.39. The molecular formula is C26H34N2O4. The fraction of sp³-hybridized carbons (Fsp3) is 0.423. The largest absolute Gasteiger partial charge is 0.444 e. The highest BCUT2D eigenvalue weighted by molar-refractivity contribution is 5.96. The zero-order chi connectivity index (χ0) is 23.4. The first-order chi connectivity index (χ1) is 15.2. The van der Waals surface area contributed by atoms with Gasteiger partial charge in [0, 0.05) is 13.0 Å². The van der Waals surface area contributed by atoms with Crippen molar-refractivity contribution >= 4 is 17.9 Å². The van der Waals surface area contributed by atoms with Gasteiger partial charge in [-0.15, -0.1) is 0 Å². The Labute approximate surface area is 190 Å². The molecule has 3 amide bonds. The van der Waals surface area contributed by atoms with Gasteiger partial charge in [-0.25, -0.2) is 4.79 Å². The summed E-state index contributed by atoms with van der Waals surface area (Å²) in [6, 6.07) is 18.4. The maximum Gasteiger partial charge on any atom is 0.407 e. The van der Waals surface area contributed by atoms with Gasteiger partial charge in [-0.1, -0.05) is 54.6 Å². The lowest BCUT2D eigenvalue weighted by Crippen LogP contribution is -2.37.